The first kappa shape index (κ1) is 21.5. The molecule has 2 amide bonds. The average Bonchev–Trinajstić information content (AvgIpc) is 3.00. The molecule has 0 saturated heterocycles. The number of rotatable bonds is 8. The van der Waals surface area contributed by atoms with E-state index < -0.39 is 16.9 Å². The molecule has 2 N–H and O–H groups in total. The van der Waals surface area contributed by atoms with Crippen molar-refractivity contribution in [2.24, 2.45) is 0 Å². The molecule has 1 aromatic heterocycles. The first-order valence-corrected chi connectivity index (χ1v) is 9.96. The summed E-state index contributed by atoms with van der Waals surface area (Å²) in [6.45, 7) is 3.33. The predicted octanol–water partition coefficient (Wildman–Crippen LogP) is 4.65. The molecule has 0 radical (unpaired) electrons. The van der Waals surface area contributed by atoms with E-state index >= 15 is 0 Å². The fourth-order valence-corrected chi connectivity index (χ4v) is 3.53. The fraction of sp³-hybridized carbons (Fsp3) is 0.312. The quantitative estimate of drug-likeness (QED) is 0.587. The number of halogens is 3. The van der Waals surface area contributed by atoms with Crippen molar-refractivity contribution < 1.29 is 22.9 Å². The van der Waals surface area contributed by atoms with Crippen molar-refractivity contribution >= 4 is 58.4 Å². The highest BCUT2D eigenvalue weighted by molar-refractivity contribution is 8.01. The maximum Gasteiger partial charge on any atom is 0.289 e. The summed E-state index contributed by atoms with van der Waals surface area (Å²) >= 11 is 7.28. The Morgan fingerprint density at radius 2 is 2.07 bits per heavy atom. The van der Waals surface area contributed by atoms with Gasteiger partial charge in [0.25, 0.3) is 5.76 Å². The Morgan fingerprint density at radius 3 is 2.70 bits per heavy atom. The maximum absolute atomic E-state index is 12.7. The largest absolute Gasteiger partial charge is 0.360 e. The van der Waals surface area contributed by atoms with E-state index in [-0.39, 0.29) is 39.0 Å². The van der Waals surface area contributed by atoms with Crippen LogP contribution < -0.4 is 10.6 Å². The molecule has 1 heterocycles. The zero-order valence-electron chi connectivity index (χ0n) is 14.3. The summed E-state index contributed by atoms with van der Waals surface area (Å²) in [4.78, 5) is 24.3. The van der Waals surface area contributed by atoms with Crippen LogP contribution >= 0.6 is 35.1 Å². The van der Waals surface area contributed by atoms with Gasteiger partial charge in [0.2, 0.25) is 11.8 Å². The first-order chi connectivity index (χ1) is 12.8. The molecular formula is C16H16ClF2N3O3S2. The SMILES string of the molecule is Cc1cc(NC(=O)C(C)SCC(=O)Nc2cccc(Cl)c2SC(F)F)no1. The summed E-state index contributed by atoms with van der Waals surface area (Å²) in [5.41, 5.74) is 0.202. The number of amides is 2. The molecule has 0 aliphatic carbocycles. The van der Waals surface area contributed by atoms with Gasteiger partial charge >= 0.3 is 0 Å². The van der Waals surface area contributed by atoms with Gasteiger partial charge < -0.3 is 15.2 Å². The number of nitrogens with zero attached hydrogens (tertiary/aromatic N) is 1. The first-order valence-electron chi connectivity index (χ1n) is 7.65. The lowest BCUT2D eigenvalue weighted by Gasteiger charge is -2.13. The molecule has 0 spiro atoms. The Morgan fingerprint density at radius 1 is 1.33 bits per heavy atom. The number of alkyl halides is 2. The number of anilines is 2. The van der Waals surface area contributed by atoms with E-state index in [9.17, 15) is 18.4 Å². The molecule has 6 nitrogen and oxygen atoms in total. The number of thioether (sulfide) groups is 2. The van der Waals surface area contributed by atoms with Crippen LogP contribution in [0, 0.1) is 6.92 Å². The summed E-state index contributed by atoms with van der Waals surface area (Å²) in [7, 11) is 0. The Labute approximate surface area is 167 Å². The van der Waals surface area contributed by atoms with Gasteiger partial charge in [0, 0.05) is 6.07 Å². The third-order valence-electron chi connectivity index (χ3n) is 3.16. The van der Waals surface area contributed by atoms with E-state index in [1.165, 1.54) is 12.1 Å². The number of carbonyl (C=O) groups is 2. The lowest BCUT2D eigenvalue weighted by atomic mass is 10.3. The van der Waals surface area contributed by atoms with Gasteiger partial charge in [0.1, 0.15) is 5.76 Å². The number of aromatic nitrogens is 1. The molecule has 0 bridgehead atoms. The van der Waals surface area contributed by atoms with Crippen molar-refractivity contribution in [2.75, 3.05) is 16.4 Å². The van der Waals surface area contributed by atoms with Crippen LogP contribution in [0.4, 0.5) is 20.3 Å². The smallest absolute Gasteiger partial charge is 0.289 e. The van der Waals surface area contributed by atoms with E-state index in [0.29, 0.717) is 11.6 Å². The van der Waals surface area contributed by atoms with Crippen LogP contribution in [0.3, 0.4) is 0 Å². The second-order valence-electron chi connectivity index (χ2n) is 5.31. The molecule has 146 valence electrons. The van der Waals surface area contributed by atoms with Crippen LogP contribution in [-0.2, 0) is 9.59 Å². The average molecular weight is 436 g/mol. The summed E-state index contributed by atoms with van der Waals surface area (Å²) < 4.78 is 30.2. The van der Waals surface area contributed by atoms with Gasteiger partial charge in [0.05, 0.1) is 26.6 Å². The minimum atomic E-state index is -2.67. The van der Waals surface area contributed by atoms with Crippen molar-refractivity contribution in [3.8, 4) is 0 Å². The fourth-order valence-electron chi connectivity index (χ4n) is 1.93. The molecule has 0 saturated carbocycles. The molecule has 0 aliphatic heterocycles. The monoisotopic (exact) mass is 435 g/mol. The lowest BCUT2D eigenvalue weighted by molar-refractivity contribution is -0.115. The minimum absolute atomic E-state index is 0.0439. The number of carbonyl (C=O) groups excluding carboxylic acids is 2. The van der Waals surface area contributed by atoms with Gasteiger partial charge in [0.15, 0.2) is 5.82 Å². The zero-order valence-corrected chi connectivity index (χ0v) is 16.7. The van der Waals surface area contributed by atoms with Crippen molar-refractivity contribution in [2.45, 2.75) is 29.8 Å². The number of hydrogen-bond donors (Lipinski definition) is 2. The molecule has 1 atom stereocenters. The summed E-state index contributed by atoms with van der Waals surface area (Å²) in [5, 5.41) is 8.37. The van der Waals surface area contributed by atoms with Crippen LogP contribution in [0.2, 0.25) is 5.02 Å². The summed E-state index contributed by atoms with van der Waals surface area (Å²) in [6, 6.07) is 6.08. The highest BCUT2D eigenvalue weighted by atomic mass is 35.5. The molecule has 2 aromatic rings. The highest BCUT2D eigenvalue weighted by Crippen LogP contribution is 2.37. The summed E-state index contributed by atoms with van der Waals surface area (Å²) in [6.07, 6.45) is 0. The van der Waals surface area contributed by atoms with Gasteiger partial charge in [-0.15, -0.1) is 11.8 Å². The van der Waals surface area contributed by atoms with E-state index in [2.05, 4.69) is 15.8 Å². The van der Waals surface area contributed by atoms with E-state index in [1.807, 2.05) is 0 Å². The second-order valence-corrected chi connectivity index (χ2v) is 8.05. The molecular weight excluding hydrogens is 420 g/mol. The van der Waals surface area contributed by atoms with Crippen LogP contribution in [0.5, 0.6) is 0 Å². The molecule has 2 rings (SSSR count). The molecule has 11 heteroatoms. The minimum Gasteiger partial charge on any atom is -0.360 e. The van der Waals surface area contributed by atoms with Crippen molar-refractivity contribution in [3.05, 3.63) is 35.0 Å². The van der Waals surface area contributed by atoms with Gasteiger partial charge in [-0.3, -0.25) is 9.59 Å². The number of hydrogen-bond acceptors (Lipinski definition) is 6. The van der Waals surface area contributed by atoms with Crippen LogP contribution in [0.25, 0.3) is 0 Å². The Bertz CT molecular complexity index is 820. The Hall–Kier alpha value is -1.78. The lowest BCUT2D eigenvalue weighted by Crippen LogP contribution is -2.25. The van der Waals surface area contributed by atoms with Crippen LogP contribution in [0.1, 0.15) is 12.7 Å². The highest BCUT2D eigenvalue weighted by Gasteiger charge is 2.19. The van der Waals surface area contributed by atoms with E-state index in [0.717, 1.165) is 11.8 Å². The third-order valence-corrected chi connectivity index (χ3v) is 5.58. The Kier molecular flexibility index (Phi) is 7.93. The summed E-state index contributed by atoms with van der Waals surface area (Å²) in [5.74, 6) is -2.63. The molecule has 1 unspecified atom stereocenters. The van der Waals surface area contributed by atoms with Crippen molar-refractivity contribution in [1.29, 1.82) is 0 Å². The van der Waals surface area contributed by atoms with Gasteiger partial charge in [-0.25, -0.2) is 0 Å². The molecule has 27 heavy (non-hydrogen) atoms. The van der Waals surface area contributed by atoms with Gasteiger partial charge in [-0.2, -0.15) is 8.78 Å². The normalized spacial score (nSPS) is 12.1. The number of nitrogens with one attached hydrogen (secondary N) is 2. The van der Waals surface area contributed by atoms with Crippen LogP contribution in [0.15, 0.2) is 33.7 Å². The van der Waals surface area contributed by atoms with Crippen LogP contribution in [-0.4, -0.2) is 33.7 Å². The predicted molar refractivity (Wildman–Crippen MR) is 104 cm³/mol. The standard InChI is InChI=1S/C16H16ClF2N3O3S2/c1-8-6-12(22-25-8)21-15(24)9(2)26-7-13(23)20-11-5-3-4-10(17)14(11)27-16(18)19/h3-6,9,16H,7H2,1-2H3,(H,20,23)(H,21,22,24). The van der Waals surface area contributed by atoms with Crippen molar-refractivity contribution in [1.82, 2.24) is 5.16 Å². The molecule has 0 aliphatic rings. The van der Waals surface area contributed by atoms with E-state index in [1.54, 1.807) is 26.0 Å². The third kappa shape index (κ3) is 6.71. The number of aryl methyl sites for hydroxylation is 1. The van der Waals surface area contributed by atoms with Gasteiger partial charge in [-0.1, -0.05) is 34.6 Å². The van der Waals surface area contributed by atoms with Crippen molar-refractivity contribution in [3.63, 3.8) is 0 Å². The molecule has 1 aromatic carbocycles. The number of benzene rings is 1. The zero-order chi connectivity index (χ0) is 20.0. The maximum atomic E-state index is 12.7. The van der Waals surface area contributed by atoms with E-state index in [4.69, 9.17) is 16.1 Å². The second kappa shape index (κ2) is 9.95. The topological polar surface area (TPSA) is 84.2 Å². The van der Waals surface area contributed by atoms with Gasteiger partial charge in [-0.05, 0) is 26.0 Å². The Balaban J connectivity index is 1.89. The molecule has 0 fully saturated rings.